The van der Waals surface area contributed by atoms with E-state index in [-0.39, 0.29) is 11.6 Å². The normalized spacial score (nSPS) is 18.9. The number of aromatic nitrogens is 2. The summed E-state index contributed by atoms with van der Waals surface area (Å²) in [7, 11) is 0. The molecule has 110 valence electrons. The molecule has 0 spiro atoms. The highest BCUT2D eigenvalue weighted by Gasteiger charge is 2.26. The topological polar surface area (TPSA) is 87.3 Å². The van der Waals surface area contributed by atoms with E-state index in [1.807, 2.05) is 25.7 Å². The van der Waals surface area contributed by atoms with Gasteiger partial charge in [0, 0.05) is 19.2 Å². The van der Waals surface area contributed by atoms with Gasteiger partial charge in [-0.15, -0.1) is 0 Å². The highest BCUT2D eigenvalue weighted by atomic mass is 16.6. The van der Waals surface area contributed by atoms with Gasteiger partial charge in [0.25, 0.3) is 5.56 Å². The van der Waals surface area contributed by atoms with E-state index in [1.165, 1.54) is 6.07 Å². The van der Waals surface area contributed by atoms with Gasteiger partial charge in [-0.25, -0.2) is 9.89 Å². The highest BCUT2D eigenvalue weighted by Crippen LogP contribution is 2.18. The van der Waals surface area contributed by atoms with E-state index in [4.69, 9.17) is 4.74 Å². The van der Waals surface area contributed by atoms with E-state index in [0.29, 0.717) is 6.54 Å². The summed E-state index contributed by atoms with van der Waals surface area (Å²) in [6.45, 7) is 6.90. The number of hydrogen-bond donors (Lipinski definition) is 2. The first kappa shape index (κ1) is 14.4. The van der Waals surface area contributed by atoms with Gasteiger partial charge in [-0.3, -0.25) is 4.79 Å². The molecule has 2 N–H and O–H groups in total. The van der Waals surface area contributed by atoms with Gasteiger partial charge in [0.15, 0.2) is 0 Å². The van der Waals surface area contributed by atoms with Gasteiger partial charge in [-0.1, -0.05) is 0 Å². The lowest BCUT2D eigenvalue weighted by atomic mass is 10.2. The summed E-state index contributed by atoms with van der Waals surface area (Å²) in [6.07, 6.45) is 2.01. The maximum atomic E-state index is 11.7. The van der Waals surface area contributed by atoms with E-state index in [2.05, 4.69) is 15.5 Å². The van der Waals surface area contributed by atoms with E-state index in [0.717, 1.165) is 18.7 Å². The summed E-state index contributed by atoms with van der Waals surface area (Å²) in [5, 5.41) is 8.95. The number of carbonyl (C=O) groups is 1. The molecule has 0 saturated carbocycles. The van der Waals surface area contributed by atoms with Gasteiger partial charge >= 0.3 is 6.09 Å². The molecular weight excluding hydrogens is 260 g/mol. The number of anilines is 1. The molecule has 0 aromatic carbocycles. The van der Waals surface area contributed by atoms with Crippen molar-refractivity contribution in [3.63, 3.8) is 0 Å². The molecule has 7 nitrogen and oxygen atoms in total. The Bertz CT molecular complexity index is 535. The first-order chi connectivity index (χ1) is 9.33. The van der Waals surface area contributed by atoms with Crippen molar-refractivity contribution < 1.29 is 9.53 Å². The first-order valence-electron chi connectivity index (χ1n) is 6.63. The third-order valence-electron chi connectivity index (χ3n) is 2.92. The van der Waals surface area contributed by atoms with E-state index in [9.17, 15) is 9.59 Å². The van der Waals surface area contributed by atoms with Crippen LogP contribution in [0.2, 0.25) is 0 Å². The quantitative estimate of drug-likeness (QED) is 0.839. The summed E-state index contributed by atoms with van der Waals surface area (Å²) in [4.78, 5) is 24.9. The summed E-state index contributed by atoms with van der Waals surface area (Å²) < 4.78 is 5.22. The zero-order valence-corrected chi connectivity index (χ0v) is 12.0. The zero-order chi connectivity index (χ0) is 14.8. The molecule has 2 rings (SSSR count). The lowest BCUT2D eigenvalue weighted by molar-refractivity contribution is 0.0509. The van der Waals surface area contributed by atoms with E-state index >= 15 is 0 Å². The third kappa shape index (κ3) is 3.97. The van der Waals surface area contributed by atoms with E-state index < -0.39 is 11.7 Å². The minimum Gasteiger partial charge on any atom is -0.444 e. The molecule has 0 aliphatic carbocycles. The average molecular weight is 280 g/mol. The highest BCUT2D eigenvalue weighted by molar-refractivity contribution is 5.68. The molecule has 1 fully saturated rings. The molecule has 0 radical (unpaired) electrons. The number of carbonyl (C=O) groups excluding carboxylic acids is 1. The van der Waals surface area contributed by atoms with Gasteiger partial charge in [-0.2, -0.15) is 5.10 Å². The Morgan fingerprint density at radius 2 is 2.30 bits per heavy atom. The first-order valence-corrected chi connectivity index (χ1v) is 6.63. The summed E-state index contributed by atoms with van der Waals surface area (Å²) in [5.41, 5.74) is 0.0345. The molecule has 1 amide bonds. The van der Waals surface area contributed by atoms with Crippen molar-refractivity contribution in [1.29, 1.82) is 0 Å². The van der Waals surface area contributed by atoms with Crippen LogP contribution in [-0.2, 0) is 4.74 Å². The van der Waals surface area contributed by atoms with Crippen LogP contribution in [0.1, 0.15) is 27.2 Å². The van der Waals surface area contributed by atoms with Crippen molar-refractivity contribution in [1.82, 2.24) is 15.5 Å². The standard InChI is InChI=1S/C13H20N4O3/c1-13(2,3)20-12(19)15-9-4-5-17(8-9)10-6-11(18)16-14-7-10/h6-7,9H,4-5,8H2,1-3H3,(H,15,19)(H,16,18)/t9-/m1/s1. The molecule has 7 heteroatoms. The van der Waals surface area contributed by atoms with Crippen LogP contribution in [0, 0.1) is 0 Å². The van der Waals surface area contributed by atoms with Crippen LogP contribution >= 0.6 is 0 Å². The SMILES string of the molecule is CC(C)(C)OC(=O)N[C@@H]1CCN(c2cn[nH]c(=O)c2)C1. The zero-order valence-electron chi connectivity index (χ0n) is 12.0. The predicted molar refractivity (Wildman–Crippen MR) is 74.8 cm³/mol. The summed E-state index contributed by atoms with van der Waals surface area (Å²) >= 11 is 0. The molecule has 1 atom stereocenters. The van der Waals surface area contributed by atoms with Crippen molar-refractivity contribution in [2.75, 3.05) is 18.0 Å². The maximum Gasteiger partial charge on any atom is 0.407 e. The largest absolute Gasteiger partial charge is 0.444 e. The second kappa shape index (κ2) is 5.52. The van der Waals surface area contributed by atoms with Crippen LogP contribution in [0.25, 0.3) is 0 Å². The van der Waals surface area contributed by atoms with Gasteiger partial charge in [0.1, 0.15) is 5.60 Å². The molecule has 2 heterocycles. The minimum atomic E-state index is -0.501. The van der Waals surface area contributed by atoms with Gasteiger partial charge in [0.05, 0.1) is 17.9 Å². The molecule has 1 aliphatic rings. The van der Waals surface area contributed by atoms with Crippen LogP contribution in [0.3, 0.4) is 0 Å². The lowest BCUT2D eigenvalue weighted by Gasteiger charge is -2.22. The number of nitrogens with zero attached hydrogens (tertiary/aromatic N) is 2. The van der Waals surface area contributed by atoms with E-state index in [1.54, 1.807) is 6.20 Å². The number of nitrogens with one attached hydrogen (secondary N) is 2. The molecule has 1 aromatic rings. The van der Waals surface area contributed by atoms with Gasteiger partial charge < -0.3 is 15.0 Å². The number of alkyl carbamates (subject to hydrolysis) is 1. The van der Waals surface area contributed by atoms with Crippen LogP contribution < -0.4 is 15.8 Å². The number of H-pyrrole nitrogens is 1. The Hall–Kier alpha value is -2.05. The second-order valence-corrected chi connectivity index (χ2v) is 5.88. The van der Waals surface area contributed by atoms with Crippen molar-refractivity contribution in [2.24, 2.45) is 0 Å². The van der Waals surface area contributed by atoms with Crippen LogP contribution in [0.15, 0.2) is 17.1 Å². The maximum absolute atomic E-state index is 11.7. The van der Waals surface area contributed by atoms with Gasteiger partial charge in [-0.05, 0) is 27.2 Å². The lowest BCUT2D eigenvalue weighted by Crippen LogP contribution is -2.40. The Morgan fingerprint density at radius 3 is 2.95 bits per heavy atom. The van der Waals surface area contributed by atoms with Crippen LogP contribution in [0.4, 0.5) is 10.5 Å². The summed E-state index contributed by atoms with van der Waals surface area (Å²) in [6, 6.07) is 1.52. The molecule has 20 heavy (non-hydrogen) atoms. The fourth-order valence-corrected chi connectivity index (χ4v) is 2.13. The molecule has 0 bridgehead atoms. The number of hydrogen-bond acceptors (Lipinski definition) is 5. The Balaban J connectivity index is 1.90. The Morgan fingerprint density at radius 1 is 1.55 bits per heavy atom. The second-order valence-electron chi connectivity index (χ2n) is 5.88. The van der Waals surface area contributed by atoms with Crippen molar-refractivity contribution in [3.05, 3.63) is 22.6 Å². The molecular formula is C13H20N4O3. The van der Waals surface area contributed by atoms with Crippen molar-refractivity contribution in [2.45, 2.75) is 38.8 Å². The average Bonchev–Trinajstić information content (AvgIpc) is 2.74. The number of aromatic amines is 1. The third-order valence-corrected chi connectivity index (χ3v) is 2.92. The number of rotatable bonds is 2. The Labute approximate surface area is 117 Å². The number of amides is 1. The van der Waals surface area contributed by atoms with Crippen LogP contribution in [0.5, 0.6) is 0 Å². The van der Waals surface area contributed by atoms with Gasteiger partial charge in [0.2, 0.25) is 0 Å². The monoisotopic (exact) mass is 280 g/mol. The number of ether oxygens (including phenoxy) is 1. The molecule has 1 saturated heterocycles. The molecule has 0 unspecified atom stereocenters. The van der Waals surface area contributed by atoms with Crippen molar-refractivity contribution >= 4 is 11.8 Å². The Kier molecular flexibility index (Phi) is 3.96. The fourth-order valence-electron chi connectivity index (χ4n) is 2.13. The molecule has 1 aromatic heterocycles. The molecule has 1 aliphatic heterocycles. The minimum absolute atomic E-state index is 0.0177. The predicted octanol–water partition coefficient (Wildman–Crippen LogP) is 0.873. The fraction of sp³-hybridized carbons (Fsp3) is 0.615. The van der Waals surface area contributed by atoms with Crippen LogP contribution in [-0.4, -0.2) is 41.0 Å². The van der Waals surface area contributed by atoms with Crippen molar-refractivity contribution in [3.8, 4) is 0 Å². The summed E-state index contributed by atoms with van der Waals surface area (Å²) in [5.74, 6) is 0. The smallest absolute Gasteiger partial charge is 0.407 e.